The normalized spacial score (nSPS) is 10.2. The van der Waals surface area contributed by atoms with Gasteiger partial charge in [-0.1, -0.05) is 42.5 Å². The van der Waals surface area contributed by atoms with Gasteiger partial charge in [0.05, 0.1) is 0 Å². The highest BCUT2D eigenvalue weighted by Crippen LogP contribution is 2.19. The van der Waals surface area contributed by atoms with Crippen molar-refractivity contribution in [3.05, 3.63) is 84.4 Å². The molecule has 2 N–H and O–H groups in total. The lowest BCUT2D eigenvalue weighted by atomic mass is 10.0. The lowest BCUT2D eigenvalue weighted by molar-refractivity contribution is -0.146. The van der Waals surface area contributed by atoms with Crippen LogP contribution < -0.4 is 10.6 Å². The highest BCUT2D eigenvalue weighted by atomic mass is 32.2. The number of anilines is 1. The summed E-state index contributed by atoms with van der Waals surface area (Å²) in [6.45, 7) is -0.750. The van der Waals surface area contributed by atoms with Crippen molar-refractivity contribution in [2.75, 3.05) is 24.7 Å². The maximum absolute atomic E-state index is 12.2. The summed E-state index contributed by atoms with van der Waals surface area (Å²) in [4.78, 5) is 37.0. The monoisotopic (exact) mass is 434 g/mol. The Morgan fingerprint density at radius 2 is 1.48 bits per heavy atom. The van der Waals surface area contributed by atoms with E-state index in [2.05, 4.69) is 10.6 Å². The molecule has 0 heterocycles. The molecule has 0 spiro atoms. The zero-order valence-corrected chi connectivity index (χ0v) is 17.8. The van der Waals surface area contributed by atoms with Crippen LogP contribution in [0.2, 0.25) is 0 Å². The molecule has 0 saturated carbocycles. The maximum atomic E-state index is 12.2. The summed E-state index contributed by atoms with van der Waals surface area (Å²) < 4.78 is 4.91. The molecule has 0 aliphatic rings. The summed E-state index contributed by atoms with van der Waals surface area (Å²) >= 11 is 1.60. The van der Waals surface area contributed by atoms with Crippen LogP contribution in [0.4, 0.5) is 5.69 Å². The number of nitrogens with one attached hydrogen (secondary N) is 2. The van der Waals surface area contributed by atoms with Gasteiger partial charge in [0.1, 0.15) is 6.54 Å². The number of esters is 1. The van der Waals surface area contributed by atoms with E-state index >= 15 is 0 Å². The molecular formula is C24H22N2O4S. The number of thioether (sulfide) groups is 1. The van der Waals surface area contributed by atoms with Crippen LogP contribution in [0, 0.1) is 0 Å². The first kappa shape index (κ1) is 22.1. The van der Waals surface area contributed by atoms with E-state index in [0.29, 0.717) is 11.3 Å². The Morgan fingerprint density at radius 1 is 0.839 bits per heavy atom. The van der Waals surface area contributed by atoms with E-state index in [1.807, 2.05) is 60.9 Å². The fourth-order valence-corrected chi connectivity index (χ4v) is 3.18. The first-order chi connectivity index (χ1) is 15.0. The van der Waals surface area contributed by atoms with E-state index in [1.165, 1.54) is 0 Å². The van der Waals surface area contributed by atoms with Gasteiger partial charge in [0, 0.05) is 16.1 Å². The van der Waals surface area contributed by atoms with E-state index in [9.17, 15) is 14.4 Å². The van der Waals surface area contributed by atoms with Crippen molar-refractivity contribution in [3.8, 4) is 11.1 Å². The van der Waals surface area contributed by atoms with Crippen LogP contribution in [-0.4, -0.2) is 37.2 Å². The zero-order valence-electron chi connectivity index (χ0n) is 17.0. The molecule has 0 atom stereocenters. The Bertz CT molecular complexity index is 1040. The lowest BCUT2D eigenvalue weighted by Crippen LogP contribution is -2.32. The number of hydrogen-bond donors (Lipinski definition) is 2. The van der Waals surface area contributed by atoms with Crippen LogP contribution in [0.15, 0.2) is 83.8 Å². The van der Waals surface area contributed by atoms with E-state index in [1.54, 1.807) is 36.0 Å². The quantitative estimate of drug-likeness (QED) is 0.414. The smallest absolute Gasteiger partial charge is 0.325 e. The topological polar surface area (TPSA) is 84.5 Å². The molecule has 158 valence electrons. The minimum Gasteiger partial charge on any atom is -0.454 e. The van der Waals surface area contributed by atoms with Crippen LogP contribution in [0.1, 0.15) is 10.4 Å². The van der Waals surface area contributed by atoms with Crippen molar-refractivity contribution in [1.82, 2.24) is 5.32 Å². The molecule has 0 radical (unpaired) electrons. The van der Waals surface area contributed by atoms with E-state index in [-0.39, 0.29) is 6.54 Å². The molecule has 6 nitrogen and oxygen atoms in total. The molecular weight excluding hydrogens is 412 g/mol. The first-order valence-electron chi connectivity index (χ1n) is 9.58. The van der Waals surface area contributed by atoms with Crippen LogP contribution in [-0.2, 0) is 14.3 Å². The maximum Gasteiger partial charge on any atom is 0.325 e. The Hall–Kier alpha value is -3.58. The van der Waals surface area contributed by atoms with Crippen LogP contribution >= 0.6 is 11.8 Å². The molecule has 0 unspecified atom stereocenters. The van der Waals surface area contributed by atoms with E-state index in [4.69, 9.17) is 4.74 Å². The molecule has 3 aromatic rings. The van der Waals surface area contributed by atoms with Gasteiger partial charge in [-0.25, -0.2) is 0 Å². The van der Waals surface area contributed by atoms with Crippen molar-refractivity contribution in [2.24, 2.45) is 0 Å². The molecule has 0 bridgehead atoms. The van der Waals surface area contributed by atoms with E-state index < -0.39 is 24.4 Å². The van der Waals surface area contributed by atoms with Crippen molar-refractivity contribution >= 4 is 35.2 Å². The Kier molecular flexibility index (Phi) is 7.84. The number of rotatable bonds is 8. The van der Waals surface area contributed by atoms with E-state index in [0.717, 1.165) is 16.0 Å². The zero-order chi connectivity index (χ0) is 22.1. The summed E-state index contributed by atoms with van der Waals surface area (Å²) in [5.74, 6) is -1.54. The van der Waals surface area contributed by atoms with Gasteiger partial charge in [0.25, 0.3) is 11.8 Å². The molecule has 3 rings (SSSR count). The van der Waals surface area contributed by atoms with Gasteiger partial charge in [-0.3, -0.25) is 14.4 Å². The average Bonchev–Trinajstić information content (AvgIpc) is 2.82. The fourth-order valence-electron chi connectivity index (χ4n) is 2.77. The van der Waals surface area contributed by atoms with Gasteiger partial charge in [-0.2, -0.15) is 0 Å². The Labute approximate surface area is 185 Å². The second-order valence-electron chi connectivity index (χ2n) is 6.56. The highest BCUT2D eigenvalue weighted by Gasteiger charge is 2.11. The SMILES string of the molecule is CSc1ccc(NC(=O)COC(=O)CNC(=O)c2ccc(-c3ccccc3)cc2)cc1. The van der Waals surface area contributed by atoms with Gasteiger partial charge in [-0.15, -0.1) is 11.8 Å². The third kappa shape index (κ3) is 6.72. The molecule has 0 fully saturated rings. The summed E-state index contributed by atoms with van der Waals surface area (Å²) in [6, 6.07) is 24.2. The Morgan fingerprint density at radius 3 is 2.13 bits per heavy atom. The van der Waals surface area contributed by atoms with Crippen molar-refractivity contribution in [3.63, 3.8) is 0 Å². The Balaban J connectivity index is 1.41. The number of carbonyl (C=O) groups is 3. The molecule has 0 saturated heterocycles. The number of amides is 2. The van der Waals surface area contributed by atoms with Crippen molar-refractivity contribution < 1.29 is 19.1 Å². The molecule has 0 aliphatic carbocycles. The summed E-state index contributed by atoms with van der Waals surface area (Å²) in [6.07, 6.45) is 1.96. The second kappa shape index (κ2) is 11.0. The van der Waals surface area contributed by atoms with Crippen molar-refractivity contribution in [1.29, 1.82) is 0 Å². The standard InChI is InChI=1S/C24H22N2O4S/c1-31-21-13-11-20(12-14-21)26-22(27)16-30-23(28)15-25-24(29)19-9-7-18(8-10-19)17-5-3-2-4-6-17/h2-14H,15-16H2,1H3,(H,25,29)(H,26,27). The third-order valence-corrected chi connectivity index (χ3v) is 5.13. The predicted molar refractivity (Wildman–Crippen MR) is 122 cm³/mol. The third-order valence-electron chi connectivity index (χ3n) is 4.39. The number of ether oxygens (including phenoxy) is 1. The van der Waals surface area contributed by atoms with Gasteiger partial charge < -0.3 is 15.4 Å². The lowest BCUT2D eigenvalue weighted by Gasteiger charge is -2.08. The van der Waals surface area contributed by atoms with Crippen LogP contribution in [0.5, 0.6) is 0 Å². The number of hydrogen-bond acceptors (Lipinski definition) is 5. The summed E-state index contributed by atoms with van der Waals surface area (Å²) in [5, 5.41) is 5.14. The highest BCUT2D eigenvalue weighted by molar-refractivity contribution is 7.98. The first-order valence-corrected chi connectivity index (χ1v) is 10.8. The molecule has 7 heteroatoms. The summed E-state index contributed by atoms with van der Waals surface area (Å²) in [5.41, 5.74) is 3.09. The molecule has 31 heavy (non-hydrogen) atoms. The second-order valence-corrected chi connectivity index (χ2v) is 7.44. The molecule has 2 amide bonds. The van der Waals surface area contributed by atoms with Gasteiger partial charge in [-0.05, 0) is 53.8 Å². The van der Waals surface area contributed by atoms with Gasteiger partial charge >= 0.3 is 5.97 Å². The predicted octanol–water partition coefficient (Wildman–Crippen LogP) is 3.99. The van der Waals surface area contributed by atoms with Crippen molar-refractivity contribution in [2.45, 2.75) is 4.90 Å². The average molecular weight is 435 g/mol. The largest absolute Gasteiger partial charge is 0.454 e. The van der Waals surface area contributed by atoms with Gasteiger partial charge in [0.15, 0.2) is 6.61 Å². The van der Waals surface area contributed by atoms with Crippen LogP contribution in [0.25, 0.3) is 11.1 Å². The molecule has 0 aromatic heterocycles. The minimum absolute atomic E-state index is 0.324. The fraction of sp³-hybridized carbons (Fsp3) is 0.125. The number of benzene rings is 3. The molecule has 0 aliphatic heterocycles. The number of carbonyl (C=O) groups excluding carboxylic acids is 3. The summed E-state index contributed by atoms with van der Waals surface area (Å²) in [7, 11) is 0. The molecule has 3 aromatic carbocycles. The minimum atomic E-state index is -0.692. The van der Waals surface area contributed by atoms with Gasteiger partial charge in [0.2, 0.25) is 0 Å². The van der Waals surface area contributed by atoms with Crippen LogP contribution in [0.3, 0.4) is 0 Å².